The zero-order chi connectivity index (χ0) is 14.0. The smallest absolute Gasteiger partial charge is 0.242 e. The maximum atomic E-state index is 11.9. The summed E-state index contributed by atoms with van der Waals surface area (Å²) in [4.78, 5) is 0.313. The summed E-state index contributed by atoms with van der Waals surface area (Å²) in [6.07, 6.45) is 2.11. The van der Waals surface area contributed by atoms with Crippen LogP contribution in [0.2, 0.25) is 0 Å². The second-order valence-corrected chi connectivity index (χ2v) is 7.90. The number of alkyl halides is 1. The molecule has 1 fully saturated rings. The molecule has 4 nitrogen and oxygen atoms in total. The van der Waals surface area contributed by atoms with E-state index in [0.29, 0.717) is 16.2 Å². The van der Waals surface area contributed by atoms with Crippen molar-refractivity contribution < 1.29 is 8.42 Å². The molecule has 0 atom stereocenters. The van der Waals surface area contributed by atoms with Crippen LogP contribution in [0.1, 0.15) is 12.8 Å². The summed E-state index contributed by atoms with van der Waals surface area (Å²) in [7, 11) is -0.281. The zero-order valence-electron chi connectivity index (χ0n) is 11.1. The monoisotopic (exact) mass is 302 g/mol. The third kappa shape index (κ3) is 3.41. The number of rotatable bonds is 5. The van der Waals surface area contributed by atoms with Crippen molar-refractivity contribution in [3.63, 3.8) is 0 Å². The molecule has 0 spiro atoms. The van der Waals surface area contributed by atoms with E-state index < -0.39 is 10.0 Å². The molecule has 1 aliphatic carbocycles. The minimum absolute atomic E-state index is 0.313. The van der Waals surface area contributed by atoms with Crippen molar-refractivity contribution in [3.05, 3.63) is 24.3 Å². The largest absolute Gasteiger partial charge is 0.385 e. The summed E-state index contributed by atoms with van der Waals surface area (Å²) in [5, 5.41) is 3.64. The first-order valence-corrected chi connectivity index (χ1v) is 8.18. The van der Waals surface area contributed by atoms with Crippen LogP contribution < -0.4 is 5.32 Å². The number of nitrogens with zero attached hydrogens (tertiary/aromatic N) is 1. The lowest BCUT2D eigenvalue weighted by atomic mass is 9.85. The summed E-state index contributed by atoms with van der Waals surface area (Å²) in [6.45, 7) is 0.892. The lowest BCUT2D eigenvalue weighted by Gasteiger charge is -2.31. The Morgan fingerprint density at radius 1 is 1.26 bits per heavy atom. The summed E-state index contributed by atoms with van der Waals surface area (Å²) in [6, 6.07) is 6.85. The van der Waals surface area contributed by atoms with Crippen LogP contribution in [0.5, 0.6) is 0 Å². The molecular formula is C13H19ClN2O2S. The second-order valence-electron chi connectivity index (χ2n) is 5.13. The fraction of sp³-hybridized carbons (Fsp3) is 0.538. The minimum Gasteiger partial charge on any atom is -0.385 e. The van der Waals surface area contributed by atoms with E-state index in [4.69, 9.17) is 11.6 Å². The average Bonchev–Trinajstić information content (AvgIpc) is 2.33. The molecule has 0 aliphatic heterocycles. The average molecular weight is 303 g/mol. The van der Waals surface area contributed by atoms with Crippen LogP contribution in [0.15, 0.2) is 29.2 Å². The summed E-state index contributed by atoms with van der Waals surface area (Å²) in [5.74, 6) is 0.632. The molecule has 0 bridgehead atoms. The van der Waals surface area contributed by atoms with Gasteiger partial charge in [0.05, 0.1) is 4.90 Å². The standard InChI is InChI=1S/C13H19ClN2O2S/c1-16(2)19(17,18)13-5-3-12(4-6-13)15-9-10-7-11(14)8-10/h3-6,10-11,15H,7-9H2,1-2H3. The predicted octanol–water partition coefficient (Wildman–Crippen LogP) is 2.37. The Morgan fingerprint density at radius 2 is 1.84 bits per heavy atom. The molecule has 0 heterocycles. The van der Waals surface area contributed by atoms with Gasteiger partial charge in [-0.1, -0.05) is 0 Å². The van der Waals surface area contributed by atoms with Gasteiger partial charge < -0.3 is 5.32 Å². The van der Waals surface area contributed by atoms with Crippen molar-refractivity contribution >= 4 is 27.3 Å². The van der Waals surface area contributed by atoms with Crippen LogP contribution in [0, 0.1) is 5.92 Å². The first-order valence-electron chi connectivity index (χ1n) is 6.30. The molecule has 0 amide bonds. The molecule has 1 aliphatic rings. The number of halogens is 1. The Bertz CT molecular complexity index is 522. The first-order chi connectivity index (χ1) is 8.89. The Hall–Kier alpha value is -0.780. The zero-order valence-corrected chi connectivity index (χ0v) is 12.7. The number of hydrogen-bond acceptors (Lipinski definition) is 3. The van der Waals surface area contributed by atoms with E-state index in [-0.39, 0.29) is 0 Å². The van der Waals surface area contributed by atoms with E-state index in [1.54, 1.807) is 24.3 Å². The fourth-order valence-corrected chi connectivity index (χ4v) is 3.44. The van der Waals surface area contributed by atoms with E-state index >= 15 is 0 Å². The van der Waals surface area contributed by atoms with Crippen molar-refractivity contribution in [3.8, 4) is 0 Å². The lowest BCUT2D eigenvalue weighted by molar-refractivity contribution is 0.341. The molecule has 6 heteroatoms. The van der Waals surface area contributed by atoms with Gasteiger partial charge in [0.2, 0.25) is 10.0 Å². The van der Waals surface area contributed by atoms with Crippen LogP contribution >= 0.6 is 11.6 Å². The van der Waals surface area contributed by atoms with Gasteiger partial charge in [-0.05, 0) is 43.0 Å². The third-order valence-corrected chi connectivity index (χ3v) is 5.59. The lowest BCUT2D eigenvalue weighted by Crippen LogP contribution is -2.29. The van der Waals surface area contributed by atoms with Gasteiger partial charge in [0.25, 0.3) is 0 Å². The highest BCUT2D eigenvalue weighted by Gasteiger charge is 2.26. The molecule has 0 aromatic heterocycles. The fourth-order valence-electron chi connectivity index (χ4n) is 2.04. The molecule has 1 aromatic rings. The Labute approximate surface area is 119 Å². The van der Waals surface area contributed by atoms with E-state index in [1.165, 1.54) is 18.4 Å². The molecule has 19 heavy (non-hydrogen) atoms. The number of benzene rings is 1. The SMILES string of the molecule is CN(C)S(=O)(=O)c1ccc(NCC2CC(Cl)C2)cc1. The maximum absolute atomic E-state index is 11.9. The van der Waals surface area contributed by atoms with E-state index in [2.05, 4.69) is 5.32 Å². The van der Waals surface area contributed by atoms with Crippen molar-refractivity contribution in [2.75, 3.05) is 26.0 Å². The highest BCUT2D eigenvalue weighted by Crippen LogP contribution is 2.31. The van der Waals surface area contributed by atoms with Gasteiger partial charge in [-0.25, -0.2) is 12.7 Å². The van der Waals surface area contributed by atoms with Crippen LogP contribution in [0.4, 0.5) is 5.69 Å². The molecule has 0 unspecified atom stereocenters. The predicted molar refractivity (Wildman–Crippen MR) is 78.2 cm³/mol. The van der Waals surface area contributed by atoms with E-state index in [1.807, 2.05) is 0 Å². The molecular weight excluding hydrogens is 284 g/mol. The molecule has 0 radical (unpaired) electrons. The number of anilines is 1. The van der Waals surface area contributed by atoms with Gasteiger partial charge in [-0.15, -0.1) is 11.6 Å². The van der Waals surface area contributed by atoms with Gasteiger partial charge in [0.1, 0.15) is 0 Å². The van der Waals surface area contributed by atoms with Crippen LogP contribution in [0.3, 0.4) is 0 Å². The minimum atomic E-state index is -3.34. The molecule has 1 N–H and O–H groups in total. The van der Waals surface area contributed by atoms with Gasteiger partial charge in [0.15, 0.2) is 0 Å². The van der Waals surface area contributed by atoms with Gasteiger partial charge in [0, 0.05) is 31.7 Å². The molecule has 106 valence electrons. The summed E-state index contributed by atoms with van der Waals surface area (Å²) in [5.41, 5.74) is 0.940. The second kappa shape index (κ2) is 5.69. The molecule has 2 rings (SSSR count). The highest BCUT2D eigenvalue weighted by molar-refractivity contribution is 7.89. The van der Waals surface area contributed by atoms with Gasteiger partial charge in [-0.3, -0.25) is 0 Å². The quantitative estimate of drug-likeness (QED) is 0.850. The van der Waals surface area contributed by atoms with E-state index in [0.717, 1.165) is 25.1 Å². The van der Waals surface area contributed by atoms with Crippen LogP contribution in [-0.2, 0) is 10.0 Å². The van der Waals surface area contributed by atoms with Crippen molar-refractivity contribution in [1.29, 1.82) is 0 Å². The molecule has 0 saturated heterocycles. The molecule has 1 saturated carbocycles. The van der Waals surface area contributed by atoms with Crippen LogP contribution in [0.25, 0.3) is 0 Å². The van der Waals surface area contributed by atoms with Crippen molar-refractivity contribution in [2.45, 2.75) is 23.1 Å². The topological polar surface area (TPSA) is 49.4 Å². The van der Waals surface area contributed by atoms with Crippen molar-refractivity contribution in [1.82, 2.24) is 4.31 Å². The van der Waals surface area contributed by atoms with Crippen molar-refractivity contribution in [2.24, 2.45) is 5.92 Å². The summed E-state index contributed by atoms with van der Waals surface area (Å²) < 4.78 is 25.0. The normalized spacial score (nSPS) is 23.2. The van der Waals surface area contributed by atoms with Gasteiger partial charge >= 0.3 is 0 Å². The Kier molecular flexibility index (Phi) is 4.38. The molecule has 1 aromatic carbocycles. The Balaban J connectivity index is 1.95. The first kappa shape index (κ1) is 14.6. The number of nitrogens with one attached hydrogen (secondary N) is 1. The number of sulfonamides is 1. The summed E-state index contributed by atoms with van der Waals surface area (Å²) >= 11 is 5.93. The highest BCUT2D eigenvalue weighted by atomic mass is 35.5. The Morgan fingerprint density at radius 3 is 2.32 bits per heavy atom. The van der Waals surface area contributed by atoms with Crippen LogP contribution in [-0.4, -0.2) is 38.7 Å². The van der Waals surface area contributed by atoms with E-state index in [9.17, 15) is 8.42 Å². The van der Waals surface area contributed by atoms with Gasteiger partial charge in [-0.2, -0.15) is 0 Å². The number of hydrogen-bond donors (Lipinski definition) is 1. The third-order valence-electron chi connectivity index (χ3n) is 3.41. The maximum Gasteiger partial charge on any atom is 0.242 e.